The van der Waals surface area contributed by atoms with Crippen molar-refractivity contribution >= 4 is 169 Å². The van der Waals surface area contributed by atoms with Crippen molar-refractivity contribution < 1.29 is 66.6 Å². The third-order valence-corrected chi connectivity index (χ3v) is 20.0. The van der Waals surface area contributed by atoms with Gasteiger partial charge >= 0.3 is 14.0 Å². The van der Waals surface area contributed by atoms with E-state index in [2.05, 4.69) is 71.3 Å². The quantitative estimate of drug-likeness (QED) is 0.0469. The number of carbonyl (C=O) groups is 4. The highest BCUT2D eigenvalue weighted by molar-refractivity contribution is 9.10. The third kappa shape index (κ3) is 25.2. The van der Waals surface area contributed by atoms with Crippen LogP contribution in [0.25, 0.3) is 14.5 Å². The van der Waals surface area contributed by atoms with E-state index in [1.807, 2.05) is 75.0 Å². The van der Waals surface area contributed by atoms with E-state index in [4.69, 9.17) is 137 Å². The topological polar surface area (TPSA) is 314 Å². The van der Waals surface area contributed by atoms with Gasteiger partial charge in [-0.15, -0.1) is 0 Å². The monoisotopic (exact) mass is 1720 g/mol. The molecule has 0 atom stereocenters. The number of rotatable bonds is 11. The smallest absolute Gasteiger partial charge is 0.488 e. The summed E-state index contributed by atoms with van der Waals surface area (Å²) in [6, 6.07) is 25.7. The van der Waals surface area contributed by atoms with Crippen molar-refractivity contribution in [1.29, 1.82) is 0 Å². The fourth-order valence-corrected chi connectivity index (χ4v) is 11.8. The molecule has 2 aromatic carbocycles. The second-order valence-electron chi connectivity index (χ2n) is 25.9. The summed E-state index contributed by atoms with van der Waals surface area (Å²) in [6.45, 7) is 48.6. The summed E-state index contributed by atoms with van der Waals surface area (Å²) >= 11 is 34.9. The van der Waals surface area contributed by atoms with Crippen LogP contribution in [-0.2, 0) is 37.6 Å². The van der Waals surface area contributed by atoms with Gasteiger partial charge in [-0.2, -0.15) is 0 Å². The van der Waals surface area contributed by atoms with E-state index in [-0.39, 0.29) is 44.0 Å². The molecule has 6 aliphatic heterocycles. The Hall–Kier alpha value is -8.04. The average molecular weight is 1720 g/mol. The fraction of sp³-hybridized carbons (Fsp3) is 0.389. The summed E-state index contributed by atoms with van der Waals surface area (Å²) in [4.78, 5) is 82.2. The summed E-state index contributed by atoms with van der Waals surface area (Å²) in [5.74, 6) is 2.36. The lowest BCUT2D eigenvalue weighted by Crippen LogP contribution is -2.41. The van der Waals surface area contributed by atoms with Crippen LogP contribution in [0.15, 0.2) is 106 Å². The molecule has 0 saturated carbocycles. The standard InChI is InChI=1S/C17H14BrN3O3.C12H24B2O4.C10H12ClN3O2.2C10H10ClN3O.C7H5BrO2.C6H4Cl2N2O/c1-19-15-4-5-16(20-17(15)21-6-8-23-9-7-21)24-13-2-3-14(18)12(10-13)11-22;1-9(2)10(3,4)16-13(15-9)14-17-11(5,6)12(7,8)18-14;11-8-2-1-7(9(12)15)10(13-8)14-3-5-16-6-4-14;2*1-12-8-2-3-9(11)13-10(8)14-4-6-15-7-5-14;8-7-2-1-6(10)3-5(7)4-9;7-4-2-1-3(6(9)11)5(8)10-4/h2-5,10-11H,6-9H2;1-8H3;1-2H,3-6H2,(H2,12,15);2*2-3H,4-7H2;1-4,10H;1-2H,(H2,9,11). The first-order valence-electron chi connectivity index (χ1n) is 33.7. The van der Waals surface area contributed by atoms with Crippen LogP contribution in [0.2, 0.25) is 25.8 Å². The number of hydrogen-bond acceptors (Lipinski definition) is 23. The predicted molar refractivity (Wildman–Crippen MR) is 427 cm³/mol. The lowest BCUT2D eigenvalue weighted by atomic mass is 9.49. The number of phenolic OH excluding ortho intramolecular Hbond substituents is 1. The molecule has 576 valence electrons. The Bertz CT molecular complexity index is 4300. The van der Waals surface area contributed by atoms with Gasteiger partial charge in [0, 0.05) is 72.4 Å². The largest absolute Gasteiger partial charge is 0.508 e. The van der Waals surface area contributed by atoms with Gasteiger partial charge in [-0.05, 0) is 152 Å². The van der Waals surface area contributed by atoms with Crippen molar-refractivity contribution in [3.8, 4) is 17.4 Å². The number of nitrogens with two attached hydrogens (primary N) is 2. The van der Waals surface area contributed by atoms with E-state index in [9.17, 15) is 19.2 Å². The zero-order chi connectivity index (χ0) is 79.8. The van der Waals surface area contributed by atoms with Crippen LogP contribution in [0.3, 0.4) is 0 Å². The zero-order valence-corrected chi connectivity index (χ0v) is 67.7. The number of phenols is 1. The molecule has 37 heteroatoms. The number of amides is 2. The van der Waals surface area contributed by atoms with Gasteiger partial charge in [-0.25, -0.2) is 39.5 Å². The minimum atomic E-state index is -0.612. The normalized spacial score (nSPS) is 17.0. The molecule has 0 aliphatic carbocycles. The maximum atomic E-state index is 11.3. The lowest BCUT2D eigenvalue weighted by Gasteiger charge is -2.32. The number of morpholine rings is 4. The molecule has 28 nitrogen and oxygen atoms in total. The third-order valence-electron chi connectivity index (χ3n) is 17.4. The second-order valence-corrected chi connectivity index (χ2v) is 29.5. The number of aromatic hydroxyl groups is 1. The Morgan fingerprint density at radius 1 is 0.468 bits per heavy atom. The number of aldehydes is 2. The van der Waals surface area contributed by atoms with Gasteiger partial charge in [0.25, 0.3) is 11.8 Å². The van der Waals surface area contributed by atoms with Crippen molar-refractivity contribution in [2.75, 3.05) is 125 Å². The Balaban J connectivity index is 0.000000180. The summed E-state index contributed by atoms with van der Waals surface area (Å²) in [6.07, 6.45) is 1.44. The Morgan fingerprint density at radius 3 is 1.15 bits per heavy atom. The van der Waals surface area contributed by atoms with Crippen molar-refractivity contribution in [3.63, 3.8) is 0 Å². The number of hydrogen-bond donors (Lipinski definition) is 3. The number of ether oxygens (including phenoxy) is 5. The molecule has 0 unspecified atom stereocenters. The number of primary amides is 2. The highest BCUT2D eigenvalue weighted by atomic mass is 79.9. The maximum absolute atomic E-state index is 11.3. The number of halogens is 7. The van der Waals surface area contributed by atoms with E-state index >= 15 is 0 Å². The van der Waals surface area contributed by atoms with Crippen LogP contribution >= 0.6 is 89.9 Å². The van der Waals surface area contributed by atoms with Gasteiger partial charge in [0.2, 0.25) is 22.9 Å². The van der Waals surface area contributed by atoms with Crippen LogP contribution in [0.4, 0.5) is 40.3 Å². The van der Waals surface area contributed by atoms with E-state index < -0.39 is 25.8 Å². The van der Waals surface area contributed by atoms with Gasteiger partial charge in [0.15, 0.2) is 12.6 Å². The first-order valence-corrected chi connectivity index (χ1v) is 37.1. The average Bonchev–Trinajstić information content (AvgIpc) is 1.60. The molecule has 6 saturated heterocycles. The molecule has 0 radical (unpaired) electrons. The first kappa shape index (κ1) is 88.2. The van der Waals surface area contributed by atoms with Gasteiger partial charge < -0.3 is 78.5 Å². The van der Waals surface area contributed by atoms with Crippen LogP contribution in [0, 0.1) is 19.7 Å². The number of benzene rings is 2. The van der Waals surface area contributed by atoms with E-state index in [1.54, 1.807) is 72.8 Å². The molecular weight excluding hydrogens is 1640 g/mol. The van der Waals surface area contributed by atoms with E-state index in [0.717, 1.165) is 32.5 Å². The highest BCUT2D eigenvalue weighted by Gasteiger charge is 2.63. The summed E-state index contributed by atoms with van der Waals surface area (Å²) < 4.78 is 52.1. The van der Waals surface area contributed by atoms with Crippen LogP contribution in [0.1, 0.15) is 96.8 Å². The molecule has 11 heterocycles. The van der Waals surface area contributed by atoms with Crippen molar-refractivity contribution in [1.82, 2.24) is 24.9 Å². The van der Waals surface area contributed by atoms with Crippen molar-refractivity contribution in [3.05, 3.63) is 188 Å². The molecular formula is C72H79B2Br2Cl5N14O14. The minimum absolute atomic E-state index is 0.0324. The number of anilines is 4. The Labute approximate surface area is 675 Å². The number of carbonyl (C=O) groups excluding carboxylic acids is 4. The van der Waals surface area contributed by atoms with E-state index in [1.165, 1.54) is 24.3 Å². The Kier molecular flexibility index (Phi) is 33.4. The molecule has 7 aromatic rings. The highest BCUT2D eigenvalue weighted by Crippen LogP contribution is 2.43. The summed E-state index contributed by atoms with van der Waals surface area (Å²) in [7, 11) is -0.952. The molecule has 0 bridgehead atoms. The SMILES string of the molecule is CC1(C)OB(B2OC(C)(C)C(C)(C)O2)OC1(C)C.NC(=O)c1ccc(Cl)nc1Cl.NC(=O)c1ccc(Cl)nc1N1CCOCC1.O=Cc1cc(O)ccc1Br.[C-]#[N+]c1ccc(Cl)nc1N1CCOCC1.[C-]#[N+]c1ccc(Cl)nc1N1CCOCC1.[C-]#[N+]c1ccc(Oc2ccc(Br)c(C=O)c2)nc1N1CCOCC1. The van der Waals surface area contributed by atoms with Gasteiger partial charge in [0.1, 0.15) is 60.5 Å². The molecule has 2 amide bonds. The van der Waals surface area contributed by atoms with Crippen molar-refractivity contribution in [2.45, 2.75) is 77.8 Å². The fourth-order valence-electron chi connectivity index (χ4n) is 10.2. The van der Waals surface area contributed by atoms with Crippen LogP contribution in [0.5, 0.6) is 17.4 Å². The lowest BCUT2D eigenvalue weighted by molar-refractivity contribution is 0.00578. The molecule has 5 aromatic heterocycles. The molecule has 0 spiro atoms. The van der Waals surface area contributed by atoms with Gasteiger partial charge in [-0.1, -0.05) is 89.9 Å². The zero-order valence-electron chi connectivity index (χ0n) is 60.8. The molecule has 6 fully saturated rings. The number of nitrogens with zero attached hydrogens (tertiary/aromatic N) is 12. The van der Waals surface area contributed by atoms with Crippen molar-refractivity contribution in [2.24, 2.45) is 11.5 Å². The Morgan fingerprint density at radius 2 is 0.789 bits per heavy atom. The van der Waals surface area contributed by atoms with Crippen LogP contribution < -0.4 is 35.8 Å². The number of aromatic nitrogens is 5. The summed E-state index contributed by atoms with van der Waals surface area (Å²) in [5, 5.41) is 10.4. The first-order chi connectivity index (χ1) is 51.7. The van der Waals surface area contributed by atoms with Gasteiger partial charge in [0.05, 0.1) is 106 Å². The predicted octanol–water partition coefficient (Wildman–Crippen LogP) is 14.5. The van der Waals surface area contributed by atoms with Crippen LogP contribution in [-0.4, -0.2) is 196 Å². The molecule has 109 heavy (non-hydrogen) atoms. The number of pyridine rings is 5. The summed E-state index contributed by atoms with van der Waals surface area (Å²) in [5.41, 5.74) is 11.9. The minimum Gasteiger partial charge on any atom is -0.508 e. The van der Waals surface area contributed by atoms with E-state index in [0.29, 0.717) is 178 Å². The van der Waals surface area contributed by atoms with Gasteiger partial charge in [-0.3, -0.25) is 19.2 Å². The molecule has 13 rings (SSSR count). The molecule has 5 N–H and O–H groups in total. The maximum Gasteiger partial charge on any atom is 0.488 e. The second kappa shape index (κ2) is 41.3. The molecule has 6 aliphatic rings.